The Balaban J connectivity index is 2.33. The predicted octanol–water partition coefficient (Wildman–Crippen LogP) is 0.463. The lowest BCUT2D eigenvalue weighted by atomic mass is 10.2. The topological polar surface area (TPSA) is 80.3 Å². The third-order valence-corrected chi connectivity index (χ3v) is 8.58. The number of nitrogens with one attached hydrogen (secondary N) is 1. The van der Waals surface area contributed by atoms with Gasteiger partial charge in [-0.3, -0.25) is 0 Å². The number of sulfone groups is 2. The third kappa shape index (κ3) is 3.07. The van der Waals surface area contributed by atoms with E-state index in [2.05, 4.69) is 11.9 Å². The van der Waals surface area contributed by atoms with Gasteiger partial charge in [0.25, 0.3) is 0 Å². The first kappa shape index (κ1) is 14.7. The van der Waals surface area contributed by atoms with E-state index in [-0.39, 0.29) is 15.7 Å². The molecule has 1 aliphatic rings. The smallest absolute Gasteiger partial charge is 0.193 e. The highest BCUT2D eigenvalue weighted by Crippen LogP contribution is 2.28. The summed E-state index contributed by atoms with van der Waals surface area (Å²) in [6, 6.07) is 2.58. The van der Waals surface area contributed by atoms with Crippen LogP contribution in [0.5, 0.6) is 0 Å². The van der Waals surface area contributed by atoms with Crippen LogP contribution in [0.25, 0.3) is 0 Å². The van der Waals surface area contributed by atoms with Crippen LogP contribution in [-0.4, -0.2) is 46.2 Å². The maximum atomic E-state index is 12.4. The molecule has 2 rings (SSSR count). The predicted molar refractivity (Wildman–Crippen MR) is 75.9 cm³/mol. The molecule has 1 aromatic rings. The SMILES string of the molecule is C=CCN[C@@H]1CS(=O)(=O)C[C@H]1S(=O)(=O)c1cccs1. The summed E-state index contributed by atoms with van der Waals surface area (Å²) in [4.78, 5) is 0. The summed E-state index contributed by atoms with van der Waals surface area (Å²) in [6.07, 6.45) is 1.58. The van der Waals surface area contributed by atoms with Crippen molar-refractivity contribution in [3.8, 4) is 0 Å². The Bertz CT molecular complexity index is 646. The molecule has 0 aromatic carbocycles. The fourth-order valence-corrected chi connectivity index (χ4v) is 8.06. The van der Waals surface area contributed by atoms with E-state index in [1.807, 2.05) is 0 Å². The minimum absolute atomic E-state index is 0.143. The molecular weight excluding hydrogens is 306 g/mol. The van der Waals surface area contributed by atoms with Gasteiger partial charge in [0.2, 0.25) is 0 Å². The highest BCUT2D eigenvalue weighted by atomic mass is 32.2. The molecule has 1 saturated heterocycles. The Morgan fingerprint density at radius 2 is 2.21 bits per heavy atom. The first-order valence-electron chi connectivity index (χ1n) is 5.69. The van der Waals surface area contributed by atoms with Crippen molar-refractivity contribution >= 4 is 31.0 Å². The number of hydrogen-bond acceptors (Lipinski definition) is 6. The summed E-state index contributed by atoms with van der Waals surface area (Å²) in [7, 11) is -6.92. The summed E-state index contributed by atoms with van der Waals surface area (Å²) in [6.45, 7) is 3.92. The Kier molecular flexibility index (Phi) is 4.14. The standard InChI is InChI=1S/C11H15NO4S3/c1-2-5-12-9-7-18(13,14)8-10(9)19(15,16)11-4-3-6-17-11/h2-4,6,9-10,12H,1,5,7-8H2/t9-,10-/m1/s1. The molecule has 1 aliphatic heterocycles. The van der Waals surface area contributed by atoms with E-state index >= 15 is 0 Å². The average molecular weight is 321 g/mol. The number of rotatable bonds is 5. The first-order valence-corrected chi connectivity index (χ1v) is 9.93. The highest BCUT2D eigenvalue weighted by Gasteiger charge is 2.45. The van der Waals surface area contributed by atoms with Crippen molar-refractivity contribution in [1.29, 1.82) is 0 Å². The summed E-state index contributed by atoms with van der Waals surface area (Å²) >= 11 is 1.11. The highest BCUT2D eigenvalue weighted by molar-refractivity contribution is 7.97. The van der Waals surface area contributed by atoms with Crippen molar-refractivity contribution in [1.82, 2.24) is 5.32 Å². The van der Waals surface area contributed by atoms with Gasteiger partial charge < -0.3 is 5.32 Å². The van der Waals surface area contributed by atoms with E-state index in [0.29, 0.717) is 6.54 Å². The molecule has 19 heavy (non-hydrogen) atoms. The second-order valence-electron chi connectivity index (χ2n) is 4.40. The molecule has 0 spiro atoms. The molecule has 1 fully saturated rings. The van der Waals surface area contributed by atoms with Crippen LogP contribution in [0, 0.1) is 0 Å². The minimum Gasteiger partial charge on any atom is -0.308 e. The number of thiophene rings is 1. The van der Waals surface area contributed by atoms with Crippen LogP contribution >= 0.6 is 11.3 Å². The number of hydrogen-bond donors (Lipinski definition) is 1. The van der Waals surface area contributed by atoms with Gasteiger partial charge in [0.15, 0.2) is 19.7 Å². The van der Waals surface area contributed by atoms with Crippen molar-refractivity contribution in [2.75, 3.05) is 18.1 Å². The molecule has 1 N–H and O–H groups in total. The van der Waals surface area contributed by atoms with Gasteiger partial charge in [-0.15, -0.1) is 17.9 Å². The van der Waals surface area contributed by atoms with Crippen LogP contribution in [0.2, 0.25) is 0 Å². The molecule has 1 aromatic heterocycles. The molecular formula is C11H15NO4S3. The minimum atomic E-state index is -3.60. The molecule has 5 nitrogen and oxygen atoms in total. The van der Waals surface area contributed by atoms with Crippen molar-refractivity contribution in [2.45, 2.75) is 15.5 Å². The quantitative estimate of drug-likeness (QED) is 0.797. The fourth-order valence-electron chi connectivity index (χ4n) is 2.12. The van der Waals surface area contributed by atoms with Gasteiger partial charge in [0.1, 0.15) is 4.21 Å². The third-order valence-electron chi connectivity index (χ3n) is 3.00. The maximum absolute atomic E-state index is 12.4. The van der Waals surface area contributed by atoms with Crippen LogP contribution in [0.4, 0.5) is 0 Å². The molecule has 8 heteroatoms. The van der Waals surface area contributed by atoms with Gasteiger partial charge >= 0.3 is 0 Å². The molecule has 2 heterocycles. The van der Waals surface area contributed by atoms with Gasteiger partial charge in [0.05, 0.1) is 16.8 Å². The lowest BCUT2D eigenvalue weighted by molar-refractivity contribution is 0.545. The molecule has 0 amide bonds. The summed E-state index contributed by atoms with van der Waals surface area (Å²) in [5.74, 6) is -0.460. The Morgan fingerprint density at radius 3 is 2.79 bits per heavy atom. The normalized spacial score (nSPS) is 26.3. The molecule has 0 aliphatic carbocycles. The van der Waals surface area contributed by atoms with Gasteiger partial charge in [-0.25, -0.2) is 16.8 Å². The zero-order valence-electron chi connectivity index (χ0n) is 10.2. The second-order valence-corrected chi connectivity index (χ2v) is 9.89. The van der Waals surface area contributed by atoms with Crippen molar-refractivity contribution in [3.05, 3.63) is 30.2 Å². The average Bonchev–Trinajstić information content (AvgIpc) is 2.94. The lowest BCUT2D eigenvalue weighted by Crippen LogP contribution is -2.43. The van der Waals surface area contributed by atoms with Crippen molar-refractivity contribution in [2.24, 2.45) is 0 Å². The van der Waals surface area contributed by atoms with Crippen LogP contribution in [-0.2, 0) is 19.7 Å². The van der Waals surface area contributed by atoms with Crippen LogP contribution in [0.15, 0.2) is 34.4 Å². The van der Waals surface area contributed by atoms with Crippen molar-refractivity contribution in [3.63, 3.8) is 0 Å². The monoisotopic (exact) mass is 321 g/mol. The van der Waals surface area contributed by atoms with Crippen LogP contribution in [0.3, 0.4) is 0 Å². The van der Waals surface area contributed by atoms with Gasteiger partial charge in [-0.05, 0) is 11.4 Å². The maximum Gasteiger partial charge on any atom is 0.193 e. The molecule has 0 radical (unpaired) electrons. The molecule has 2 atom stereocenters. The fraction of sp³-hybridized carbons (Fsp3) is 0.455. The van der Waals surface area contributed by atoms with Crippen LogP contribution < -0.4 is 5.32 Å². The van der Waals surface area contributed by atoms with E-state index in [1.165, 1.54) is 6.07 Å². The van der Waals surface area contributed by atoms with Crippen LogP contribution in [0.1, 0.15) is 0 Å². The Hall–Kier alpha value is -0.700. The summed E-state index contributed by atoms with van der Waals surface area (Å²) in [5, 5.41) is 3.68. The second kappa shape index (κ2) is 5.35. The van der Waals surface area contributed by atoms with E-state index in [0.717, 1.165) is 11.3 Å². The van der Waals surface area contributed by atoms with E-state index in [1.54, 1.807) is 17.5 Å². The Morgan fingerprint density at radius 1 is 1.47 bits per heavy atom. The van der Waals surface area contributed by atoms with Crippen molar-refractivity contribution < 1.29 is 16.8 Å². The van der Waals surface area contributed by atoms with E-state index in [4.69, 9.17) is 0 Å². The van der Waals surface area contributed by atoms with Gasteiger partial charge in [0, 0.05) is 12.6 Å². The van der Waals surface area contributed by atoms with Gasteiger partial charge in [-0.2, -0.15) is 0 Å². The molecule has 0 saturated carbocycles. The lowest BCUT2D eigenvalue weighted by Gasteiger charge is -2.18. The largest absolute Gasteiger partial charge is 0.308 e. The summed E-state index contributed by atoms with van der Waals surface area (Å²) in [5.41, 5.74) is 0. The molecule has 0 unspecified atom stereocenters. The molecule has 0 bridgehead atoms. The first-order chi connectivity index (χ1) is 8.87. The summed E-state index contributed by atoms with van der Waals surface area (Å²) < 4.78 is 48.5. The zero-order valence-corrected chi connectivity index (χ0v) is 12.6. The Labute approximate surface area is 117 Å². The van der Waals surface area contributed by atoms with E-state index in [9.17, 15) is 16.8 Å². The molecule has 106 valence electrons. The van der Waals surface area contributed by atoms with E-state index < -0.39 is 31.0 Å². The van der Waals surface area contributed by atoms with Gasteiger partial charge in [-0.1, -0.05) is 12.1 Å². The zero-order chi connectivity index (χ0) is 14.1.